The van der Waals surface area contributed by atoms with Gasteiger partial charge in [-0.25, -0.2) is 4.89 Å². The molecule has 1 radical (unpaired) electrons. The molecule has 0 aliphatic carbocycles. The molecule has 0 aromatic rings. The topological polar surface area (TPSA) is 55.4 Å². The second kappa shape index (κ2) is 6.79. The highest BCUT2D eigenvalue weighted by Gasteiger charge is 2.15. The summed E-state index contributed by atoms with van der Waals surface area (Å²) in [5.41, 5.74) is -0.408. The lowest BCUT2D eigenvalue weighted by Crippen LogP contribution is -2.23. The molecule has 4 nitrogen and oxygen atoms in total. The van der Waals surface area contributed by atoms with Crippen LogP contribution in [0.5, 0.6) is 0 Å². The SMILES string of the molecule is CC(C)(C)OC(=O)CCCCCO[O]. The average Bonchev–Trinajstić information content (AvgIpc) is 2.00. The molecular weight excluding hydrogens is 184 g/mol. The van der Waals surface area contributed by atoms with Gasteiger partial charge in [-0.3, -0.25) is 4.79 Å². The van der Waals surface area contributed by atoms with E-state index < -0.39 is 5.60 Å². The summed E-state index contributed by atoms with van der Waals surface area (Å²) in [6.45, 7) is 5.75. The van der Waals surface area contributed by atoms with Gasteiger partial charge in [0.15, 0.2) is 0 Å². The molecule has 0 saturated carbocycles. The molecule has 0 bridgehead atoms. The molecule has 83 valence electrons. The van der Waals surface area contributed by atoms with Crippen molar-refractivity contribution in [3.05, 3.63) is 0 Å². The number of carbonyl (C=O) groups is 1. The van der Waals surface area contributed by atoms with Crippen molar-refractivity contribution in [1.82, 2.24) is 0 Å². The maximum absolute atomic E-state index is 11.2. The maximum atomic E-state index is 11.2. The van der Waals surface area contributed by atoms with Crippen molar-refractivity contribution in [1.29, 1.82) is 0 Å². The lowest BCUT2D eigenvalue weighted by molar-refractivity contribution is -0.303. The highest BCUT2D eigenvalue weighted by molar-refractivity contribution is 5.69. The van der Waals surface area contributed by atoms with Crippen molar-refractivity contribution in [3.63, 3.8) is 0 Å². The van der Waals surface area contributed by atoms with Crippen LogP contribution in [-0.2, 0) is 19.7 Å². The van der Waals surface area contributed by atoms with Gasteiger partial charge in [0.1, 0.15) is 5.60 Å². The van der Waals surface area contributed by atoms with Crippen LogP contribution < -0.4 is 0 Å². The van der Waals surface area contributed by atoms with E-state index in [9.17, 15) is 10.1 Å². The van der Waals surface area contributed by atoms with Gasteiger partial charge in [0.25, 0.3) is 0 Å². The van der Waals surface area contributed by atoms with Crippen LogP contribution in [0.15, 0.2) is 0 Å². The molecule has 4 heteroatoms. The standard InChI is InChI=1S/C10H19O4/c1-10(2,3)14-9(11)7-5-4-6-8-13-12/h4-8H2,1-3H3. The minimum absolute atomic E-state index is 0.180. The predicted molar refractivity (Wildman–Crippen MR) is 51.0 cm³/mol. The Hall–Kier alpha value is -0.610. The second-order valence-corrected chi connectivity index (χ2v) is 4.22. The van der Waals surface area contributed by atoms with E-state index in [2.05, 4.69) is 4.89 Å². The van der Waals surface area contributed by atoms with E-state index in [1.807, 2.05) is 20.8 Å². The third-order valence-electron chi connectivity index (χ3n) is 1.53. The first kappa shape index (κ1) is 13.4. The number of hydrogen-bond acceptors (Lipinski definition) is 3. The Morgan fingerprint density at radius 2 is 1.79 bits per heavy atom. The first-order valence-electron chi connectivity index (χ1n) is 4.92. The minimum atomic E-state index is -0.408. The summed E-state index contributed by atoms with van der Waals surface area (Å²) in [4.78, 5) is 14.8. The molecule has 0 amide bonds. The lowest BCUT2D eigenvalue weighted by atomic mass is 10.1. The van der Waals surface area contributed by atoms with Crippen molar-refractivity contribution >= 4 is 5.97 Å². The number of carbonyl (C=O) groups excluding carboxylic acids is 1. The van der Waals surface area contributed by atoms with Gasteiger partial charge in [0, 0.05) is 6.42 Å². The number of unbranched alkanes of at least 4 members (excludes halogenated alkanes) is 2. The van der Waals surface area contributed by atoms with Crippen LogP contribution in [0, 0.1) is 0 Å². The van der Waals surface area contributed by atoms with Crippen LogP contribution in [0.25, 0.3) is 0 Å². The average molecular weight is 203 g/mol. The number of rotatable bonds is 6. The van der Waals surface area contributed by atoms with Gasteiger partial charge in [-0.15, -0.1) is 0 Å². The quantitative estimate of drug-likeness (QED) is 0.288. The summed E-state index contributed by atoms with van der Waals surface area (Å²) >= 11 is 0. The Balaban J connectivity index is 3.36. The van der Waals surface area contributed by atoms with E-state index in [1.165, 1.54) is 0 Å². The van der Waals surface area contributed by atoms with Gasteiger partial charge in [-0.2, -0.15) is 0 Å². The zero-order chi connectivity index (χ0) is 11.0. The molecule has 0 spiro atoms. The molecule has 0 aliphatic rings. The minimum Gasteiger partial charge on any atom is -0.460 e. The fourth-order valence-corrected chi connectivity index (χ4v) is 1.000. The van der Waals surface area contributed by atoms with Crippen molar-refractivity contribution < 1.29 is 19.7 Å². The van der Waals surface area contributed by atoms with E-state index >= 15 is 0 Å². The van der Waals surface area contributed by atoms with Gasteiger partial charge in [-0.1, -0.05) is 6.42 Å². The van der Waals surface area contributed by atoms with Crippen molar-refractivity contribution in [2.75, 3.05) is 6.61 Å². The third kappa shape index (κ3) is 9.48. The largest absolute Gasteiger partial charge is 0.460 e. The van der Waals surface area contributed by atoms with E-state index in [4.69, 9.17) is 4.74 Å². The van der Waals surface area contributed by atoms with Crippen LogP contribution in [0.2, 0.25) is 0 Å². The smallest absolute Gasteiger partial charge is 0.306 e. The number of ether oxygens (including phenoxy) is 1. The number of esters is 1. The molecule has 0 atom stereocenters. The summed E-state index contributed by atoms with van der Waals surface area (Å²) in [6.07, 6.45) is 2.68. The highest BCUT2D eigenvalue weighted by Crippen LogP contribution is 2.10. The molecule has 0 aromatic carbocycles. The van der Waals surface area contributed by atoms with Crippen LogP contribution >= 0.6 is 0 Å². The van der Waals surface area contributed by atoms with Crippen LogP contribution in [0.1, 0.15) is 46.5 Å². The zero-order valence-electron chi connectivity index (χ0n) is 9.17. The zero-order valence-corrected chi connectivity index (χ0v) is 9.17. The Morgan fingerprint density at radius 1 is 1.14 bits per heavy atom. The molecule has 0 fully saturated rings. The van der Waals surface area contributed by atoms with E-state index in [0.717, 1.165) is 12.8 Å². The van der Waals surface area contributed by atoms with E-state index in [-0.39, 0.29) is 12.6 Å². The summed E-state index contributed by atoms with van der Waals surface area (Å²) in [5.74, 6) is -0.180. The molecule has 0 aromatic heterocycles. The van der Waals surface area contributed by atoms with Gasteiger partial charge < -0.3 is 4.74 Å². The highest BCUT2D eigenvalue weighted by atomic mass is 17.1. The molecule has 0 aliphatic heterocycles. The van der Waals surface area contributed by atoms with E-state index in [1.54, 1.807) is 0 Å². The van der Waals surface area contributed by atoms with Crippen molar-refractivity contribution in [2.24, 2.45) is 0 Å². The monoisotopic (exact) mass is 203 g/mol. The van der Waals surface area contributed by atoms with Gasteiger partial charge in [0.05, 0.1) is 6.61 Å². The van der Waals surface area contributed by atoms with Gasteiger partial charge >= 0.3 is 5.97 Å². The maximum Gasteiger partial charge on any atom is 0.306 e. The Morgan fingerprint density at radius 3 is 2.29 bits per heavy atom. The summed E-state index contributed by atoms with van der Waals surface area (Å²) in [5, 5.41) is 9.62. The molecule has 0 heterocycles. The molecule has 0 unspecified atom stereocenters. The summed E-state index contributed by atoms with van der Waals surface area (Å²) in [6, 6.07) is 0. The fourth-order valence-electron chi connectivity index (χ4n) is 1.000. The molecule has 0 N–H and O–H groups in total. The Labute approximate surface area is 85.1 Å². The Bertz CT molecular complexity index is 160. The fraction of sp³-hybridized carbons (Fsp3) is 0.900. The molecule has 0 saturated heterocycles. The van der Waals surface area contributed by atoms with E-state index in [0.29, 0.717) is 12.8 Å². The third-order valence-corrected chi connectivity index (χ3v) is 1.53. The second-order valence-electron chi connectivity index (χ2n) is 4.22. The van der Waals surface area contributed by atoms with Gasteiger partial charge in [-0.05, 0) is 38.9 Å². The molecule has 14 heavy (non-hydrogen) atoms. The first-order valence-corrected chi connectivity index (χ1v) is 4.92. The lowest BCUT2D eigenvalue weighted by Gasteiger charge is -2.19. The van der Waals surface area contributed by atoms with Crippen LogP contribution in [0.3, 0.4) is 0 Å². The van der Waals surface area contributed by atoms with Crippen molar-refractivity contribution in [2.45, 2.75) is 52.1 Å². The summed E-state index contributed by atoms with van der Waals surface area (Å²) in [7, 11) is 0. The molecular formula is C10H19O4. The van der Waals surface area contributed by atoms with Gasteiger partial charge in [0.2, 0.25) is 0 Å². The molecule has 0 rings (SSSR count). The predicted octanol–water partition coefficient (Wildman–Crippen LogP) is 2.25. The Kier molecular flexibility index (Phi) is 6.49. The summed E-state index contributed by atoms with van der Waals surface area (Å²) < 4.78 is 5.11. The normalized spacial score (nSPS) is 11.4. The van der Waals surface area contributed by atoms with Crippen LogP contribution in [0.4, 0.5) is 0 Å². The number of hydrogen-bond donors (Lipinski definition) is 0. The first-order chi connectivity index (χ1) is 6.45. The van der Waals surface area contributed by atoms with Crippen molar-refractivity contribution in [3.8, 4) is 0 Å². The van der Waals surface area contributed by atoms with Crippen LogP contribution in [-0.4, -0.2) is 18.2 Å².